The molecule has 0 saturated heterocycles. The monoisotopic (exact) mass is 305 g/mol. The van der Waals surface area contributed by atoms with Gasteiger partial charge in [0.1, 0.15) is 0 Å². The van der Waals surface area contributed by atoms with Crippen molar-refractivity contribution in [2.75, 3.05) is 13.2 Å². The standard InChI is InChI=1S/C18H31N3O/c1-3-5-6-9-12-20-18(19)21-14-16-10-7-8-11-17(16)15-22-13-4-2/h7-8,10-11H,3-6,9,12-15H2,1-2H3,(H3,19,20,21). The number of unbranched alkanes of at least 4 members (excludes halogenated alkanes) is 3. The van der Waals surface area contributed by atoms with Gasteiger partial charge < -0.3 is 15.8 Å². The SMILES string of the molecule is CCCCCCNC(N)=NCc1ccccc1COCCC. The third-order valence-electron chi connectivity index (χ3n) is 3.48. The molecular formula is C18H31N3O. The van der Waals surface area contributed by atoms with Crippen LogP contribution in [0.3, 0.4) is 0 Å². The molecule has 0 aliphatic carbocycles. The molecule has 4 heteroatoms. The van der Waals surface area contributed by atoms with Gasteiger partial charge in [-0.3, -0.25) is 0 Å². The van der Waals surface area contributed by atoms with Gasteiger partial charge in [-0.05, 0) is 24.0 Å². The van der Waals surface area contributed by atoms with Gasteiger partial charge >= 0.3 is 0 Å². The molecule has 0 saturated carbocycles. The van der Waals surface area contributed by atoms with Crippen LogP contribution in [0.4, 0.5) is 0 Å². The fourth-order valence-corrected chi connectivity index (χ4v) is 2.17. The molecule has 0 amide bonds. The fourth-order valence-electron chi connectivity index (χ4n) is 2.17. The largest absolute Gasteiger partial charge is 0.377 e. The zero-order chi connectivity index (χ0) is 16.0. The zero-order valence-corrected chi connectivity index (χ0v) is 14.1. The Hall–Kier alpha value is -1.55. The lowest BCUT2D eigenvalue weighted by Crippen LogP contribution is -2.32. The van der Waals surface area contributed by atoms with E-state index in [-0.39, 0.29) is 0 Å². The van der Waals surface area contributed by atoms with Gasteiger partial charge in [-0.25, -0.2) is 4.99 Å². The number of hydrogen-bond donors (Lipinski definition) is 2. The minimum Gasteiger partial charge on any atom is -0.377 e. The van der Waals surface area contributed by atoms with Crippen LogP contribution >= 0.6 is 0 Å². The molecule has 3 N–H and O–H groups in total. The molecule has 0 spiro atoms. The number of nitrogens with one attached hydrogen (secondary N) is 1. The highest BCUT2D eigenvalue weighted by atomic mass is 16.5. The van der Waals surface area contributed by atoms with Crippen LogP contribution in [0.25, 0.3) is 0 Å². The molecule has 0 unspecified atom stereocenters. The van der Waals surface area contributed by atoms with Crippen molar-refractivity contribution in [1.29, 1.82) is 0 Å². The fraction of sp³-hybridized carbons (Fsp3) is 0.611. The third-order valence-corrected chi connectivity index (χ3v) is 3.48. The van der Waals surface area contributed by atoms with Crippen molar-refractivity contribution in [2.45, 2.75) is 59.1 Å². The maximum Gasteiger partial charge on any atom is 0.188 e. The smallest absolute Gasteiger partial charge is 0.188 e. The summed E-state index contributed by atoms with van der Waals surface area (Å²) in [5.74, 6) is 0.528. The lowest BCUT2D eigenvalue weighted by atomic mass is 10.1. The third kappa shape index (κ3) is 8.03. The number of benzene rings is 1. The Labute approximate surface area is 135 Å². The van der Waals surface area contributed by atoms with E-state index in [0.717, 1.165) is 26.0 Å². The van der Waals surface area contributed by atoms with Crippen LogP contribution in [-0.2, 0) is 17.9 Å². The molecule has 0 aliphatic rings. The predicted molar refractivity (Wildman–Crippen MR) is 93.9 cm³/mol. The molecule has 1 aromatic carbocycles. The Kier molecular flexibility index (Phi) is 10.1. The number of guanidine groups is 1. The molecule has 1 aromatic rings. The van der Waals surface area contributed by atoms with Gasteiger partial charge in [0, 0.05) is 13.2 Å². The van der Waals surface area contributed by atoms with E-state index in [1.54, 1.807) is 0 Å². The average molecular weight is 305 g/mol. The summed E-state index contributed by atoms with van der Waals surface area (Å²) in [5, 5.41) is 3.18. The number of nitrogens with zero attached hydrogens (tertiary/aromatic N) is 1. The Balaban J connectivity index is 2.40. The van der Waals surface area contributed by atoms with E-state index in [2.05, 4.69) is 36.3 Å². The van der Waals surface area contributed by atoms with Crippen LogP contribution in [0.2, 0.25) is 0 Å². The average Bonchev–Trinajstić information content (AvgIpc) is 2.54. The van der Waals surface area contributed by atoms with E-state index >= 15 is 0 Å². The van der Waals surface area contributed by atoms with E-state index in [4.69, 9.17) is 10.5 Å². The second kappa shape index (κ2) is 12.0. The van der Waals surface area contributed by atoms with Crippen molar-refractivity contribution in [2.24, 2.45) is 10.7 Å². The molecule has 1 rings (SSSR count). The maximum absolute atomic E-state index is 5.92. The van der Waals surface area contributed by atoms with Gasteiger partial charge in [0.05, 0.1) is 13.2 Å². The molecule has 0 bridgehead atoms. The molecule has 124 valence electrons. The minimum absolute atomic E-state index is 0.528. The van der Waals surface area contributed by atoms with Gasteiger partial charge in [0.2, 0.25) is 0 Å². The highest BCUT2D eigenvalue weighted by Crippen LogP contribution is 2.11. The van der Waals surface area contributed by atoms with Gasteiger partial charge in [0.15, 0.2) is 5.96 Å². The number of aliphatic imine (C=N–C) groups is 1. The van der Waals surface area contributed by atoms with Crippen LogP contribution in [0.5, 0.6) is 0 Å². The second-order valence-corrected chi connectivity index (χ2v) is 5.51. The van der Waals surface area contributed by atoms with Crippen molar-refractivity contribution in [3.8, 4) is 0 Å². The summed E-state index contributed by atoms with van der Waals surface area (Å²) >= 11 is 0. The van der Waals surface area contributed by atoms with Crippen LogP contribution in [0, 0.1) is 0 Å². The molecule has 0 fully saturated rings. The summed E-state index contributed by atoms with van der Waals surface area (Å²) in [6, 6.07) is 8.24. The summed E-state index contributed by atoms with van der Waals surface area (Å²) < 4.78 is 5.62. The molecule has 0 aromatic heterocycles. The quantitative estimate of drug-likeness (QED) is 0.373. The molecule has 4 nitrogen and oxygen atoms in total. The molecule has 0 radical (unpaired) electrons. The van der Waals surface area contributed by atoms with Gasteiger partial charge in [-0.15, -0.1) is 0 Å². The van der Waals surface area contributed by atoms with Gasteiger partial charge in [-0.2, -0.15) is 0 Å². The lowest BCUT2D eigenvalue weighted by molar-refractivity contribution is 0.121. The zero-order valence-electron chi connectivity index (χ0n) is 14.1. The molecular weight excluding hydrogens is 274 g/mol. The number of ether oxygens (including phenoxy) is 1. The van der Waals surface area contributed by atoms with E-state index in [1.807, 2.05) is 12.1 Å². The van der Waals surface area contributed by atoms with Crippen molar-refractivity contribution >= 4 is 5.96 Å². The van der Waals surface area contributed by atoms with Crippen LogP contribution in [0.15, 0.2) is 29.3 Å². The first kappa shape index (κ1) is 18.5. The summed E-state index contributed by atoms with van der Waals surface area (Å²) in [4.78, 5) is 4.43. The Morgan fingerprint density at radius 2 is 1.86 bits per heavy atom. The maximum atomic E-state index is 5.92. The molecule has 0 aliphatic heterocycles. The van der Waals surface area contributed by atoms with Crippen molar-refractivity contribution in [3.63, 3.8) is 0 Å². The molecule has 22 heavy (non-hydrogen) atoms. The van der Waals surface area contributed by atoms with Crippen molar-refractivity contribution in [3.05, 3.63) is 35.4 Å². The normalized spacial score (nSPS) is 11.6. The summed E-state index contributed by atoms with van der Waals surface area (Å²) in [6.07, 6.45) is 5.96. The first-order valence-corrected chi connectivity index (χ1v) is 8.46. The molecule has 0 atom stereocenters. The van der Waals surface area contributed by atoms with Gasteiger partial charge in [-0.1, -0.05) is 57.4 Å². The lowest BCUT2D eigenvalue weighted by Gasteiger charge is -2.09. The van der Waals surface area contributed by atoms with E-state index in [1.165, 1.54) is 30.4 Å². The summed E-state index contributed by atoms with van der Waals surface area (Å²) in [7, 11) is 0. The van der Waals surface area contributed by atoms with E-state index in [0.29, 0.717) is 19.1 Å². The Morgan fingerprint density at radius 1 is 1.09 bits per heavy atom. The second-order valence-electron chi connectivity index (χ2n) is 5.51. The Morgan fingerprint density at radius 3 is 2.59 bits per heavy atom. The van der Waals surface area contributed by atoms with Crippen LogP contribution < -0.4 is 11.1 Å². The predicted octanol–water partition coefficient (Wildman–Crippen LogP) is 3.60. The highest BCUT2D eigenvalue weighted by Gasteiger charge is 2.01. The first-order valence-electron chi connectivity index (χ1n) is 8.46. The topological polar surface area (TPSA) is 59.6 Å². The van der Waals surface area contributed by atoms with Gasteiger partial charge in [0.25, 0.3) is 0 Å². The first-order chi connectivity index (χ1) is 10.8. The van der Waals surface area contributed by atoms with Crippen molar-refractivity contribution < 1.29 is 4.74 Å². The van der Waals surface area contributed by atoms with E-state index in [9.17, 15) is 0 Å². The van der Waals surface area contributed by atoms with Crippen LogP contribution in [-0.4, -0.2) is 19.1 Å². The number of rotatable bonds is 11. The highest BCUT2D eigenvalue weighted by molar-refractivity contribution is 5.77. The van der Waals surface area contributed by atoms with Crippen molar-refractivity contribution in [1.82, 2.24) is 5.32 Å². The molecule has 0 heterocycles. The summed E-state index contributed by atoms with van der Waals surface area (Å²) in [6.45, 7) is 7.26. The minimum atomic E-state index is 0.528. The Bertz CT molecular complexity index is 432. The number of nitrogens with two attached hydrogens (primary N) is 1. The summed E-state index contributed by atoms with van der Waals surface area (Å²) in [5.41, 5.74) is 8.28. The van der Waals surface area contributed by atoms with E-state index < -0.39 is 0 Å². The van der Waals surface area contributed by atoms with Crippen LogP contribution in [0.1, 0.15) is 57.1 Å². The number of hydrogen-bond acceptors (Lipinski definition) is 2.